The normalized spacial score (nSPS) is 19.7. The molecule has 2 fully saturated rings. The number of aryl methyl sites for hydroxylation is 1. The minimum absolute atomic E-state index is 0.0247. The quantitative estimate of drug-likeness (QED) is 0.650. The van der Waals surface area contributed by atoms with E-state index in [1.165, 1.54) is 0 Å². The number of aromatic nitrogens is 2. The molecule has 4 heterocycles. The summed E-state index contributed by atoms with van der Waals surface area (Å²) in [5, 5.41) is 3.09. The van der Waals surface area contributed by atoms with Gasteiger partial charge in [0.1, 0.15) is 17.0 Å². The molecule has 5 rings (SSSR count). The van der Waals surface area contributed by atoms with Gasteiger partial charge in [-0.05, 0) is 30.5 Å². The molecule has 1 aromatic carbocycles. The van der Waals surface area contributed by atoms with Crippen LogP contribution in [0.15, 0.2) is 42.0 Å². The van der Waals surface area contributed by atoms with Crippen molar-refractivity contribution in [2.24, 2.45) is 5.92 Å². The largest absolute Gasteiger partial charge is 0.352 e. The number of thiophene rings is 1. The fraction of sp³-hybridized carbons (Fsp3) is 0.364. The fourth-order valence-electron chi connectivity index (χ4n) is 4.27. The summed E-state index contributed by atoms with van der Waals surface area (Å²) >= 11 is 1.61. The number of nitrogens with zero attached hydrogens (tertiary/aromatic N) is 5. The number of hydrogen-bond acceptors (Lipinski definition) is 6. The maximum Gasteiger partial charge on any atom is 0.228 e. The number of piperazine rings is 1. The summed E-state index contributed by atoms with van der Waals surface area (Å²) in [7, 11) is 0. The average molecular weight is 422 g/mol. The number of anilines is 2. The summed E-state index contributed by atoms with van der Waals surface area (Å²) in [6.45, 7) is 5.23. The molecule has 0 aliphatic carbocycles. The average Bonchev–Trinajstić information content (AvgIpc) is 3.40. The van der Waals surface area contributed by atoms with E-state index >= 15 is 0 Å². The van der Waals surface area contributed by atoms with Crippen molar-refractivity contribution in [3.8, 4) is 0 Å². The van der Waals surface area contributed by atoms with E-state index in [2.05, 4.69) is 20.9 Å². The Bertz CT molecular complexity index is 1090. The maximum atomic E-state index is 13.1. The Morgan fingerprint density at radius 2 is 1.83 bits per heavy atom. The Morgan fingerprint density at radius 3 is 2.60 bits per heavy atom. The lowest BCUT2D eigenvalue weighted by atomic mass is 10.1. The molecule has 3 aromatic rings. The first kappa shape index (κ1) is 19.0. The van der Waals surface area contributed by atoms with Crippen LogP contribution < -0.4 is 9.80 Å². The first-order valence-corrected chi connectivity index (χ1v) is 11.1. The van der Waals surface area contributed by atoms with Gasteiger partial charge in [-0.2, -0.15) is 0 Å². The Morgan fingerprint density at radius 1 is 1.07 bits per heavy atom. The molecule has 7 nitrogen and oxygen atoms in total. The first-order valence-electron chi connectivity index (χ1n) is 10.2. The highest BCUT2D eigenvalue weighted by Gasteiger charge is 2.38. The van der Waals surface area contributed by atoms with E-state index < -0.39 is 0 Å². The minimum Gasteiger partial charge on any atom is -0.352 e. The van der Waals surface area contributed by atoms with Crippen LogP contribution >= 0.6 is 11.3 Å². The van der Waals surface area contributed by atoms with Crippen LogP contribution in [-0.2, 0) is 9.59 Å². The SMILES string of the molecule is Cc1ccc(N2CC(C(=O)N3CCN(c4ncnc5sccc45)CC3)CC2=O)cc1. The Hall–Kier alpha value is -3.00. The summed E-state index contributed by atoms with van der Waals surface area (Å²) in [5.41, 5.74) is 2.02. The zero-order valence-electron chi connectivity index (χ0n) is 16.8. The van der Waals surface area contributed by atoms with Crippen molar-refractivity contribution in [2.45, 2.75) is 13.3 Å². The summed E-state index contributed by atoms with van der Waals surface area (Å²) in [5.74, 6) is 0.778. The molecule has 2 saturated heterocycles. The number of carbonyl (C=O) groups is 2. The van der Waals surface area contributed by atoms with E-state index in [0.29, 0.717) is 19.6 Å². The Balaban J connectivity index is 1.23. The second-order valence-electron chi connectivity index (χ2n) is 7.89. The molecule has 2 amide bonds. The molecule has 2 aromatic heterocycles. The smallest absolute Gasteiger partial charge is 0.228 e. The van der Waals surface area contributed by atoms with Gasteiger partial charge < -0.3 is 14.7 Å². The van der Waals surface area contributed by atoms with Crippen LogP contribution in [0.4, 0.5) is 11.5 Å². The fourth-order valence-corrected chi connectivity index (χ4v) is 5.00. The standard InChI is InChI=1S/C22H23N5O2S/c1-15-2-4-17(5-3-15)27-13-16(12-19(27)28)22(29)26-9-7-25(8-10-26)20-18-6-11-30-21(18)24-14-23-20/h2-6,11,14,16H,7-10,12-13H2,1H3. The van der Waals surface area contributed by atoms with Crippen molar-refractivity contribution >= 4 is 44.9 Å². The zero-order valence-corrected chi connectivity index (χ0v) is 17.6. The monoisotopic (exact) mass is 421 g/mol. The van der Waals surface area contributed by atoms with E-state index in [1.807, 2.05) is 41.5 Å². The Kier molecular flexibility index (Phi) is 4.86. The van der Waals surface area contributed by atoms with E-state index in [4.69, 9.17) is 0 Å². The molecule has 0 saturated carbocycles. The molecule has 0 spiro atoms. The highest BCUT2D eigenvalue weighted by molar-refractivity contribution is 7.16. The van der Waals surface area contributed by atoms with Gasteiger partial charge in [0, 0.05) is 44.8 Å². The second kappa shape index (κ2) is 7.68. The lowest BCUT2D eigenvalue weighted by Crippen LogP contribution is -2.51. The number of benzene rings is 1. The van der Waals surface area contributed by atoms with Crippen LogP contribution in [0.3, 0.4) is 0 Å². The van der Waals surface area contributed by atoms with Gasteiger partial charge in [-0.1, -0.05) is 17.7 Å². The number of hydrogen-bond donors (Lipinski definition) is 0. The third-order valence-corrected chi connectivity index (χ3v) is 6.77. The number of carbonyl (C=O) groups excluding carboxylic acids is 2. The first-order chi connectivity index (χ1) is 14.6. The van der Waals surface area contributed by atoms with Crippen molar-refractivity contribution in [1.82, 2.24) is 14.9 Å². The van der Waals surface area contributed by atoms with E-state index in [-0.39, 0.29) is 24.2 Å². The second-order valence-corrected chi connectivity index (χ2v) is 8.78. The van der Waals surface area contributed by atoms with Gasteiger partial charge in [0.2, 0.25) is 11.8 Å². The van der Waals surface area contributed by atoms with Crippen LogP contribution in [-0.4, -0.2) is 59.4 Å². The number of fused-ring (bicyclic) bond motifs is 1. The topological polar surface area (TPSA) is 69.6 Å². The lowest BCUT2D eigenvalue weighted by molar-refractivity contribution is -0.136. The summed E-state index contributed by atoms with van der Waals surface area (Å²) in [6.07, 6.45) is 1.89. The highest BCUT2D eigenvalue weighted by Crippen LogP contribution is 2.29. The molecule has 0 N–H and O–H groups in total. The van der Waals surface area contributed by atoms with Gasteiger partial charge in [0.05, 0.1) is 11.3 Å². The summed E-state index contributed by atoms with van der Waals surface area (Å²) < 4.78 is 0. The van der Waals surface area contributed by atoms with Crippen LogP contribution in [0, 0.1) is 12.8 Å². The summed E-state index contributed by atoms with van der Waals surface area (Å²) in [4.78, 5) is 41.3. The molecular formula is C22H23N5O2S. The van der Waals surface area contributed by atoms with Gasteiger partial charge in [-0.25, -0.2) is 9.97 Å². The molecule has 2 aliphatic rings. The lowest BCUT2D eigenvalue weighted by Gasteiger charge is -2.36. The van der Waals surface area contributed by atoms with Crippen molar-refractivity contribution < 1.29 is 9.59 Å². The molecular weight excluding hydrogens is 398 g/mol. The van der Waals surface area contributed by atoms with Gasteiger partial charge in [0.15, 0.2) is 0 Å². The van der Waals surface area contributed by atoms with Crippen LogP contribution in [0.25, 0.3) is 10.2 Å². The van der Waals surface area contributed by atoms with E-state index in [1.54, 1.807) is 22.6 Å². The van der Waals surface area contributed by atoms with Gasteiger partial charge in [-0.3, -0.25) is 9.59 Å². The van der Waals surface area contributed by atoms with Crippen LogP contribution in [0.5, 0.6) is 0 Å². The Labute approximate surface area is 178 Å². The summed E-state index contributed by atoms with van der Waals surface area (Å²) in [6, 6.07) is 9.94. The molecule has 0 radical (unpaired) electrons. The molecule has 2 aliphatic heterocycles. The van der Waals surface area contributed by atoms with Crippen molar-refractivity contribution in [3.05, 3.63) is 47.6 Å². The highest BCUT2D eigenvalue weighted by atomic mass is 32.1. The molecule has 30 heavy (non-hydrogen) atoms. The van der Waals surface area contributed by atoms with Gasteiger partial charge in [-0.15, -0.1) is 11.3 Å². The van der Waals surface area contributed by atoms with Crippen molar-refractivity contribution in [1.29, 1.82) is 0 Å². The van der Waals surface area contributed by atoms with Crippen molar-refractivity contribution in [2.75, 3.05) is 42.5 Å². The molecule has 154 valence electrons. The molecule has 1 atom stereocenters. The van der Waals surface area contributed by atoms with Gasteiger partial charge >= 0.3 is 0 Å². The maximum absolute atomic E-state index is 13.1. The predicted molar refractivity (Wildman–Crippen MR) is 118 cm³/mol. The predicted octanol–water partition coefficient (Wildman–Crippen LogP) is 2.70. The van der Waals surface area contributed by atoms with Crippen LogP contribution in [0.1, 0.15) is 12.0 Å². The zero-order chi connectivity index (χ0) is 20.7. The van der Waals surface area contributed by atoms with Gasteiger partial charge in [0.25, 0.3) is 0 Å². The molecule has 1 unspecified atom stereocenters. The number of amides is 2. The number of rotatable bonds is 3. The molecule has 0 bridgehead atoms. The van der Waals surface area contributed by atoms with E-state index in [0.717, 1.165) is 40.4 Å². The molecule has 8 heteroatoms. The van der Waals surface area contributed by atoms with E-state index in [9.17, 15) is 9.59 Å². The van der Waals surface area contributed by atoms with Crippen molar-refractivity contribution in [3.63, 3.8) is 0 Å². The third-order valence-electron chi connectivity index (χ3n) is 5.95. The third kappa shape index (κ3) is 3.41. The minimum atomic E-state index is -0.270. The van der Waals surface area contributed by atoms with Crippen LogP contribution in [0.2, 0.25) is 0 Å².